The third-order valence-corrected chi connectivity index (χ3v) is 9.10. The van der Waals surface area contributed by atoms with Crippen molar-refractivity contribution >= 4 is 0 Å². The van der Waals surface area contributed by atoms with Crippen LogP contribution in [0, 0.1) is 104 Å². The molecule has 0 atom stereocenters. The van der Waals surface area contributed by atoms with Crippen LogP contribution in [0.5, 0.6) is 0 Å². The number of benzene rings is 1. The molecule has 0 aromatic heterocycles. The van der Waals surface area contributed by atoms with Gasteiger partial charge in [0.1, 0.15) is 0 Å². The Hall–Kier alpha value is 0.253. The third kappa shape index (κ3) is 16.4. The zero-order valence-electron chi connectivity index (χ0n) is 30.8. The van der Waals surface area contributed by atoms with Crippen LogP contribution in [-0.4, -0.2) is 0 Å². The van der Waals surface area contributed by atoms with Crippen molar-refractivity contribution in [1.82, 2.24) is 0 Å². The van der Waals surface area contributed by atoms with Crippen molar-refractivity contribution < 1.29 is 94.7 Å². The first kappa shape index (κ1) is 63.0. The van der Waals surface area contributed by atoms with Crippen LogP contribution in [0.4, 0.5) is 0 Å². The Morgan fingerprint density at radius 1 is 0.318 bits per heavy atom. The molecule has 0 amide bonds. The van der Waals surface area contributed by atoms with Gasteiger partial charge in [-0.3, -0.25) is 0 Å². The van der Waals surface area contributed by atoms with Crippen molar-refractivity contribution in [3.05, 3.63) is 144 Å². The van der Waals surface area contributed by atoms with Gasteiger partial charge in [0.2, 0.25) is 0 Å². The Morgan fingerprint density at radius 3 is 0.500 bits per heavy atom. The minimum absolute atomic E-state index is 0. The number of hydrogen-bond donors (Lipinski definition) is 0. The Bertz CT molecular complexity index is 886. The maximum absolute atomic E-state index is 2.20. The number of nitrogens with two attached hydrogens (primary N) is 4. The van der Waals surface area contributed by atoms with Crippen molar-refractivity contribution in [1.29, 1.82) is 0 Å². The van der Waals surface area contributed by atoms with E-state index in [1.807, 2.05) is 36.4 Å². The topological polar surface area (TPSA) is 134 Å². The second-order valence-corrected chi connectivity index (χ2v) is 10.5. The molecular weight excluding hydrogens is 655 g/mol. The van der Waals surface area contributed by atoms with E-state index >= 15 is 0 Å². The van der Waals surface area contributed by atoms with Gasteiger partial charge in [0.25, 0.3) is 0 Å². The molecule has 0 fully saturated rings. The van der Waals surface area contributed by atoms with Crippen molar-refractivity contribution in [2.75, 3.05) is 0 Å². The van der Waals surface area contributed by atoms with E-state index in [9.17, 15) is 0 Å². The first-order valence-electron chi connectivity index (χ1n) is 13.3. The summed E-state index contributed by atoms with van der Waals surface area (Å²) in [4.78, 5) is 0. The molecule has 0 unspecified atom stereocenters. The zero-order valence-corrected chi connectivity index (χ0v) is 37.5. The van der Waals surface area contributed by atoms with Crippen molar-refractivity contribution in [3.8, 4) is 0 Å². The van der Waals surface area contributed by atoms with Gasteiger partial charge in [0.05, 0.1) is 0 Å². The third-order valence-electron chi connectivity index (χ3n) is 9.10. The summed E-state index contributed by atoms with van der Waals surface area (Å²) in [5.74, 6) is 0. The van der Waals surface area contributed by atoms with E-state index in [1.54, 1.807) is 0 Å². The Kier molecular flexibility index (Phi) is 42.1. The average molecular weight is 714 g/mol. The summed E-state index contributed by atoms with van der Waals surface area (Å²) >= 11 is 0. The largest absolute Gasteiger partial charge is 1.00 e. The monoisotopic (exact) mass is 714 g/mol. The molecule has 0 aliphatic rings. The summed E-state index contributed by atoms with van der Waals surface area (Å²) < 4.78 is 0. The standard InChI is InChI=1S/3C10H15.C6H6.4H2N.Na.3Ti/c3*1-6-7(2)9(4)10(5)8(6)3;1-2-4-6-5-3-1;;;;;;;;/h3*1-5H3;1-6H;4*1H2;;;;/q-5;2*-1;;4*-1;+1;;;. The maximum Gasteiger partial charge on any atom is 1.00 e. The van der Waals surface area contributed by atoms with Gasteiger partial charge in [-0.2, -0.15) is 55.6 Å². The summed E-state index contributed by atoms with van der Waals surface area (Å²) in [7, 11) is 0. The van der Waals surface area contributed by atoms with Gasteiger partial charge in [-0.05, 0) is 0 Å². The van der Waals surface area contributed by atoms with E-state index in [0.717, 1.165) is 0 Å². The number of hydrogen-bond acceptors (Lipinski definition) is 0. The van der Waals surface area contributed by atoms with Gasteiger partial charge < -0.3 is 52.4 Å². The minimum Gasteiger partial charge on any atom is -0.731 e. The van der Waals surface area contributed by atoms with Crippen LogP contribution in [0.25, 0.3) is 24.6 Å². The van der Waals surface area contributed by atoms with Crippen LogP contribution in [-0.2, 0) is 65.2 Å². The van der Waals surface area contributed by atoms with Crippen LogP contribution >= 0.6 is 0 Å². The van der Waals surface area contributed by atoms with Crippen molar-refractivity contribution in [3.63, 3.8) is 0 Å². The molecule has 4 rings (SSSR count). The molecule has 0 heterocycles. The Morgan fingerprint density at radius 2 is 0.432 bits per heavy atom. The van der Waals surface area contributed by atoms with Gasteiger partial charge in [0, 0.05) is 65.2 Å². The molecule has 0 bridgehead atoms. The zero-order chi connectivity index (χ0) is 27.9. The predicted octanol–water partition coefficient (Wildman–Crippen LogP) is 10.4. The van der Waals surface area contributed by atoms with E-state index in [1.165, 1.54) is 83.5 Å². The fourth-order valence-corrected chi connectivity index (χ4v) is 4.60. The summed E-state index contributed by atoms with van der Waals surface area (Å²) in [6, 6.07) is 12.0. The number of rotatable bonds is 0. The Labute approximate surface area is 339 Å². The van der Waals surface area contributed by atoms with Crippen molar-refractivity contribution in [2.45, 2.75) is 104 Å². The summed E-state index contributed by atoms with van der Waals surface area (Å²) in [6.45, 7) is 33.0. The molecule has 246 valence electrons. The molecular formula is C36H59N4NaTi3-10. The van der Waals surface area contributed by atoms with E-state index < -0.39 is 0 Å². The van der Waals surface area contributed by atoms with E-state index in [-0.39, 0.29) is 119 Å². The smallest absolute Gasteiger partial charge is 0.731 e. The van der Waals surface area contributed by atoms with E-state index in [0.29, 0.717) is 0 Å². The Balaban J connectivity index is -0.0000000624. The molecule has 0 saturated carbocycles. The van der Waals surface area contributed by atoms with Crippen LogP contribution in [0.1, 0.15) is 83.5 Å². The molecule has 0 radical (unpaired) electrons. The average Bonchev–Trinajstić information content (AvgIpc) is 3.26. The molecule has 4 aromatic rings. The summed E-state index contributed by atoms with van der Waals surface area (Å²) in [5.41, 5.74) is 22.0. The molecule has 44 heavy (non-hydrogen) atoms. The van der Waals surface area contributed by atoms with Crippen LogP contribution in [0.3, 0.4) is 0 Å². The molecule has 4 nitrogen and oxygen atoms in total. The van der Waals surface area contributed by atoms with Gasteiger partial charge >= 0.3 is 29.6 Å². The van der Waals surface area contributed by atoms with Crippen LogP contribution in [0.15, 0.2) is 36.4 Å². The fraction of sp³-hybridized carbons (Fsp3) is 0.417. The second kappa shape index (κ2) is 29.4. The maximum atomic E-state index is 2.20. The molecule has 0 aliphatic heterocycles. The molecule has 0 aliphatic carbocycles. The quantitative estimate of drug-likeness (QED) is 0.127. The van der Waals surface area contributed by atoms with Crippen LogP contribution in [0.2, 0.25) is 0 Å². The van der Waals surface area contributed by atoms with E-state index in [2.05, 4.69) is 104 Å². The fourth-order valence-electron chi connectivity index (χ4n) is 4.60. The predicted molar refractivity (Wildman–Crippen MR) is 185 cm³/mol. The van der Waals surface area contributed by atoms with Gasteiger partial charge in [0.15, 0.2) is 0 Å². The summed E-state index contributed by atoms with van der Waals surface area (Å²) in [5, 5.41) is 0. The SMILES string of the molecule is C[c-]1[c-](C)[c-](C)[c-](C)[c-]1C.Cc1c(C)c(C)[c-](C)c1C.Cc1c(C)c(C)[c-](C)c1C.[NH2-].[NH2-].[NH2-].[NH2-].[Na+].[Ti].[Ti].[Ti].c1ccccc1. The van der Waals surface area contributed by atoms with Gasteiger partial charge in [-0.15, -0.1) is 0 Å². The molecule has 0 spiro atoms. The molecule has 4 aromatic carbocycles. The summed E-state index contributed by atoms with van der Waals surface area (Å²) in [6.07, 6.45) is 0. The molecule has 8 N–H and O–H groups in total. The molecule has 8 heteroatoms. The van der Waals surface area contributed by atoms with Crippen LogP contribution < -0.4 is 29.6 Å². The van der Waals surface area contributed by atoms with Gasteiger partial charge in [-0.1, -0.05) is 106 Å². The normalized spacial score (nSPS) is 8.25. The van der Waals surface area contributed by atoms with Gasteiger partial charge in [-0.25, -0.2) is 34.6 Å². The first-order chi connectivity index (χ1) is 16.7. The second-order valence-electron chi connectivity index (χ2n) is 10.5. The minimum atomic E-state index is 0. The first-order valence-corrected chi connectivity index (χ1v) is 13.3. The van der Waals surface area contributed by atoms with Crippen molar-refractivity contribution in [2.24, 2.45) is 0 Å². The molecule has 0 saturated heterocycles. The van der Waals surface area contributed by atoms with E-state index in [4.69, 9.17) is 0 Å².